The van der Waals surface area contributed by atoms with Gasteiger partial charge in [-0.2, -0.15) is 0 Å². The molecule has 0 aliphatic heterocycles. The van der Waals surface area contributed by atoms with Crippen molar-refractivity contribution in [1.82, 2.24) is 0 Å². The van der Waals surface area contributed by atoms with Gasteiger partial charge in [-0.3, -0.25) is 4.79 Å². The maximum atomic E-state index is 11.5. The lowest BCUT2D eigenvalue weighted by molar-refractivity contribution is 0.0999. The fourth-order valence-corrected chi connectivity index (χ4v) is 2.27. The number of hydrogen-bond acceptors (Lipinski definition) is 3. The van der Waals surface area contributed by atoms with Crippen LogP contribution in [0.2, 0.25) is 0 Å². The normalized spacial score (nSPS) is 10.3. The molecule has 2 rings (SSSR count). The fraction of sp³-hybridized carbons (Fsp3) is 0. The Labute approximate surface area is 112 Å². The number of benzene rings is 2. The Morgan fingerprint density at radius 2 is 1.72 bits per heavy atom. The summed E-state index contributed by atoms with van der Waals surface area (Å²) in [7, 11) is 0. The number of halogens is 1. The number of rotatable bonds is 2. The summed E-state index contributed by atoms with van der Waals surface area (Å²) >= 11 is 3.10. The van der Waals surface area contributed by atoms with Crippen LogP contribution < -0.4 is 5.73 Å². The molecule has 2 aromatic carbocycles. The van der Waals surface area contributed by atoms with Crippen LogP contribution in [0.5, 0.6) is 11.5 Å². The maximum absolute atomic E-state index is 11.5. The fourth-order valence-electron chi connectivity index (χ4n) is 1.76. The van der Waals surface area contributed by atoms with Crippen LogP contribution in [0.15, 0.2) is 40.9 Å². The summed E-state index contributed by atoms with van der Waals surface area (Å²) in [5.41, 5.74) is 6.30. The second kappa shape index (κ2) is 4.70. The molecule has 0 radical (unpaired) electrons. The lowest BCUT2D eigenvalue weighted by atomic mass is 9.98. The first-order chi connectivity index (χ1) is 8.52. The average Bonchev–Trinajstić information content (AvgIpc) is 2.34. The van der Waals surface area contributed by atoms with Gasteiger partial charge in [0, 0.05) is 11.6 Å². The van der Waals surface area contributed by atoms with Crippen molar-refractivity contribution in [3.05, 3.63) is 46.4 Å². The van der Waals surface area contributed by atoms with Crippen LogP contribution in [0.25, 0.3) is 11.1 Å². The summed E-state index contributed by atoms with van der Waals surface area (Å²) in [6.45, 7) is 0. The van der Waals surface area contributed by atoms with E-state index in [-0.39, 0.29) is 21.5 Å². The first-order valence-corrected chi connectivity index (χ1v) is 5.91. The number of carbonyl (C=O) groups is 1. The SMILES string of the molecule is NC(=O)c1c(Br)c(O)cc(O)c1-c1ccccc1. The van der Waals surface area contributed by atoms with Crippen molar-refractivity contribution in [3.63, 3.8) is 0 Å². The molecule has 0 heterocycles. The van der Waals surface area contributed by atoms with Gasteiger partial charge in [-0.25, -0.2) is 0 Å². The Kier molecular flexibility index (Phi) is 3.25. The van der Waals surface area contributed by atoms with E-state index in [0.717, 1.165) is 0 Å². The molecule has 2 aromatic rings. The van der Waals surface area contributed by atoms with Gasteiger partial charge in [-0.1, -0.05) is 30.3 Å². The minimum atomic E-state index is -0.730. The van der Waals surface area contributed by atoms with Crippen LogP contribution >= 0.6 is 15.9 Å². The zero-order valence-corrected chi connectivity index (χ0v) is 10.8. The minimum Gasteiger partial charge on any atom is -0.507 e. The molecular weight excluding hydrogens is 298 g/mol. The zero-order valence-electron chi connectivity index (χ0n) is 9.22. The van der Waals surface area contributed by atoms with Crippen molar-refractivity contribution in [3.8, 4) is 22.6 Å². The van der Waals surface area contributed by atoms with Crippen LogP contribution in [-0.4, -0.2) is 16.1 Å². The van der Waals surface area contributed by atoms with Crippen molar-refractivity contribution in [2.24, 2.45) is 5.73 Å². The maximum Gasteiger partial charge on any atom is 0.250 e. The standard InChI is InChI=1S/C13H10BrNO3/c14-12-9(17)6-8(16)10(11(12)13(15)18)7-4-2-1-3-5-7/h1-6,16-17H,(H2,15,18). The molecule has 0 fully saturated rings. The highest BCUT2D eigenvalue weighted by molar-refractivity contribution is 9.10. The van der Waals surface area contributed by atoms with Crippen molar-refractivity contribution in [1.29, 1.82) is 0 Å². The first kappa shape index (κ1) is 12.4. The van der Waals surface area contributed by atoms with Gasteiger partial charge in [0.1, 0.15) is 11.5 Å². The monoisotopic (exact) mass is 307 g/mol. The van der Waals surface area contributed by atoms with E-state index in [4.69, 9.17) is 5.73 Å². The van der Waals surface area contributed by atoms with Gasteiger partial charge in [0.05, 0.1) is 10.0 Å². The van der Waals surface area contributed by atoms with Gasteiger partial charge < -0.3 is 15.9 Å². The highest BCUT2D eigenvalue weighted by Crippen LogP contribution is 2.41. The molecule has 0 aromatic heterocycles. The van der Waals surface area contributed by atoms with Crippen LogP contribution in [0.3, 0.4) is 0 Å². The summed E-state index contributed by atoms with van der Waals surface area (Å²) in [6.07, 6.45) is 0. The quantitative estimate of drug-likeness (QED) is 0.797. The van der Waals surface area contributed by atoms with Crippen LogP contribution in [0, 0.1) is 0 Å². The molecule has 4 N–H and O–H groups in total. The van der Waals surface area contributed by atoms with E-state index in [1.165, 1.54) is 6.07 Å². The number of primary amides is 1. The highest BCUT2D eigenvalue weighted by atomic mass is 79.9. The van der Waals surface area contributed by atoms with Gasteiger partial charge in [0.15, 0.2) is 0 Å². The molecule has 4 nitrogen and oxygen atoms in total. The molecule has 18 heavy (non-hydrogen) atoms. The van der Waals surface area contributed by atoms with Crippen molar-refractivity contribution >= 4 is 21.8 Å². The number of nitrogens with two attached hydrogens (primary N) is 1. The van der Waals surface area contributed by atoms with E-state index in [0.29, 0.717) is 11.1 Å². The first-order valence-electron chi connectivity index (χ1n) is 5.12. The van der Waals surface area contributed by atoms with E-state index in [9.17, 15) is 15.0 Å². The second-order valence-electron chi connectivity index (χ2n) is 3.71. The molecule has 0 bridgehead atoms. The highest BCUT2D eigenvalue weighted by Gasteiger charge is 2.21. The van der Waals surface area contributed by atoms with Crippen LogP contribution in [-0.2, 0) is 0 Å². The van der Waals surface area contributed by atoms with E-state index in [2.05, 4.69) is 15.9 Å². The molecule has 0 aliphatic rings. The Hall–Kier alpha value is -2.01. The number of amides is 1. The predicted molar refractivity (Wildman–Crippen MR) is 71.4 cm³/mol. The van der Waals surface area contributed by atoms with Crippen molar-refractivity contribution in [2.75, 3.05) is 0 Å². The summed E-state index contributed by atoms with van der Waals surface area (Å²) in [4.78, 5) is 11.5. The third-order valence-corrected chi connectivity index (χ3v) is 3.34. The summed E-state index contributed by atoms with van der Waals surface area (Å²) < 4.78 is 0.173. The molecule has 0 unspecified atom stereocenters. The molecule has 0 saturated carbocycles. The molecule has 5 heteroatoms. The molecule has 0 aliphatic carbocycles. The number of hydrogen-bond donors (Lipinski definition) is 3. The second-order valence-corrected chi connectivity index (χ2v) is 4.50. The molecule has 0 spiro atoms. The van der Waals surface area contributed by atoms with Gasteiger partial charge in [-0.15, -0.1) is 0 Å². The number of aromatic hydroxyl groups is 2. The Morgan fingerprint density at radius 3 is 2.28 bits per heavy atom. The summed E-state index contributed by atoms with van der Waals surface area (Å²) in [5.74, 6) is -1.16. The van der Waals surface area contributed by atoms with Gasteiger partial charge in [0.2, 0.25) is 0 Å². The summed E-state index contributed by atoms with van der Waals surface area (Å²) in [6, 6.07) is 10.0. The third kappa shape index (κ3) is 2.04. The Bertz CT molecular complexity index is 611. The molecule has 92 valence electrons. The smallest absolute Gasteiger partial charge is 0.250 e. The third-order valence-electron chi connectivity index (χ3n) is 2.53. The topological polar surface area (TPSA) is 83.6 Å². The van der Waals surface area contributed by atoms with Crippen LogP contribution in [0.1, 0.15) is 10.4 Å². The molecular formula is C13H10BrNO3. The van der Waals surface area contributed by atoms with E-state index in [1.54, 1.807) is 24.3 Å². The Morgan fingerprint density at radius 1 is 1.11 bits per heavy atom. The van der Waals surface area contributed by atoms with Crippen molar-refractivity contribution < 1.29 is 15.0 Å². The molecule has 0 saturated heterocycles. The molecule has 0 atom stereocenters. The van der Waals surface area contributed by atoms with Gasteiger partial charge in [0.25, 0.3) is 5.91 Å². The number of carbonyl (C=O) groups excluding carboxylic acids is 1. The molecule has 1 amide bonds. The van der Waals surface area contributed by atoms with E-state index >= 15 is 0 Å². The van der Waals surface area contributed by atoms with Crippen molar-refractivity contribution in [2.45, 2.75) is 0 Å². The number of phenols is 2. The van der Waals surface area contributed by atoms with Gasteiger partial charge >= 0.3 is 0 Å². The Balaban J connectivity index is 2.82. The lowest BCUT2D eigenvalue weighted by Crippen LogP contribution is -2.13. The number of phenolic OH excluding ortho intramolecular Hbond substituents is 2. The van der Waals surface area contributed by atoms with Gasteiger partial charge in [-0.05, 0) is 21.5 Å². The largest absolute Gasteiger partial charge is 0.507 e. The predicted octanol–water partition coefficient (Wildman–Crippen LogP) is 2.63. The summed E-state index contributed by atoms with van der Waals surface area (Å²) in [5, 5.41) is 19.5. The van der Waals surface area contributed by atoms with E-state index in [1.807, 2.05) is 6.07 Å². The lowest BCUT2D eigenvalue weighted by Gasteiger charge is -2.12. The average molecular weight is 308 g/mol. The van der Waals surface area contributed by atoms with E-state index < -0.39 is 5.91 Å². The van der Waals surface area contributed by atoms with Crippen LogP contribution in [0.4, 0.5) is 0 Å². The minimum absolute atomic E-state index is 0.0544. The zero-order chi connectivity index (χ0) is 13.3.